The molecule has 2 aromatic carbocycles. The molecule has 0 atom stereocenters. The summed E-state index contributed by atoms with van der Waals surface area (Å²) in [7, 11) is 2.39. The Balaban J connectivity index is 1.79. The molecule has 0 saturated carbocycles. The van der Waals surface area contributed by atoms with Gasteiger partial charge in [-0.05, 0) is 42.0 Å². The van der Waals surface area contributed by atoms with Gasteiger partial charge < -0.3 is 23.7 Å². The van der Waals surface area contributed by atoms with Crippen molar-refractivity contribution in [3.05, 3.63) is 58.1 Å². The first-order valence-corrected chi connectivity index (χ1v) is 8.60. The van der Waals surface area contributed by atoms with Gasteiger partial charge in [0.15, 0.2) is 11.5 Å². The van der Waals surface area contributed by atoms with Gasteiger partial charge in [-0.3, -0.25) is 0 Å². The number of halogens is 1. The quantitative estimate of drug-likeness (QED) is 0.414. The van der Waals surface area contributed by atoms with E-state index in [9.17, 15) is 14.4 Å². The summed E-state index contributed by atoms with van der Waals surface area (Å²) in [5, 5.41) is 0.349. The Morgan fingerprint density at radius 3 is 2.24 bits per heavy atom. The molecule has 0 amide bonds. The zero-order valence-electron chi connectivity index (χ0n) is 15.4. The summed E-state index contributed by atoms with van der Waals surface area (Å²) in [5.74, 6) is -1.24. The summed E-state index contributed by atoms with van der Waals surface area (Å²) < 4.78 is 25.0. The highest BCUT2D eigenvalue weighted by atomic mass is 35.5. The lowest BCUT2D eigenvalue weighted by molar-refractivity contribution is -0.128. The van der Waals surface area contributed by atoms with Crippen molar-refractivity contribution >= 4 is 35.6 Å². The number of hydrogen-bond donors (Lipinski definition) is 0. The molecule has 0 saturated heterocycles. The largest absolute Gasteiger partial charge is 0.465 e. The summed E-state index contributed by atoms with van der Waals surface area (Å²) in [6, 6.07) is 7.10. The molecule has 0 fully saturated rings. The van der Waals surface area contributed by atoms with Crippen molar-refractivity contribution in [1.82, 2.24) is 0 Å². The highest BCUT2D eigenvalue weighted by molar-refractivity contribution is 6.32. The van der Waals surface area contributed by atoms with Crippen LogP contribution in [-0.2, 0) is 14.3 Å². The molecule has 1 aliphatic rings. The van der Waals surface area contributed by atoms with Gasteiger partial charge in [0.1, 0.15) is 5.75 Å². The van der Waals surface area contributed by atoms with Gasteiger partial charge in [-0.2, -0.15) is 0 Å². The van der Waals surface area contributed by atoms with Crippen molar-refractivity contribution in [2.45, 2.75) is 0 Å². The summed E-state index contributed by atoms with van der Waals surface area (Å²) >= 11 is 6.10. The van der Waals surface area contributed by atoms with Gasteiger partial charge in [0, 0.05) is 6.08 Å². The van der Waals surface area contributed by atoms with Gasteiger partial charge in [-0.25, -0.2) is 14.4 Å². The van der Waals surface area contributed by atoms with Crippen molar-refractivity contribution < 1.29 is 38.1 Å². The van der Waals surface area contributed by atoms with Crippen molar-refractivity contribution in [2.75, 3.05) is 21.0 Å². The minimum Gasteiger partial charge on any atom is -0.465 e. The third-order valence-corrected chi connectivity index (χ3v) is 4.11. The lowest BCUT2D eigenvalue weighted by Gasteiger charge is -2.07. The number of fused-ring (bicyclic) bond motifs is 1. The Morgan fingerprint density at radius 2 is 1.62 bits per heavy atom. The molecule has 1 aliphatic heterocycles. The van der Waals surface area contributed by atoms with Crippen LogP contribution < -0.4 is 14.2 Å². The molecule has 150 valence electrons. The van der Waals surface area contributed by atoms with E-state index in [4.69, 9.17) is 25.8 Å². The Hall–Kier alpha value is -3.52. The molecule has 1 heterocycles. The zero-order chi connectivity index (χ0) is 21.0. The summed E-state index contributed by atoms with van der Waals surface area (Å²) in [6.07, 6.45) is 2.64. The molecular formula is C20H15ClO8. The van der Waals surface area contributed by atoms with Gasteiger partial charge in [0.05, 0.1) is 30.4 Å². The van der Waals surface area contributed by atoms with Crippen LogP contribution in [0, 0.1) is 0 Å². The minimum absolute atomic E-state index is 0.0216. The molecule has 9 heteroatoms. The second kappa shape index (κ2) is 8.66. The minimum atomic E-state index is -0.739. The van der Waals surface area contributed by atoms with E-state index in [0.29, 0.717) is 22.1 Å². The van der Waals surface area contributed by atoms with Crippen molar-refractivity contribution in [3.63, 3.8) is 0 Å². The monoisotopic (exact) mass is 418 g/mol. The molecule has 0 aliphatic carbocycles. The number of ether oxygens (including phenoxy) is 5. The van der Waals surface area contributed by atoms with E-state index >= 15 is 0 Å². The van der Waals surface area contributed by atoms with Gasteiger partial charge in [-0.15, -0.1) is 0 Å². The first kappa shape index (κ1) is 20.2. The first-order chi connectivity index (χ1) is 13.9. The molecule has 0 unspecified atom stereocenters. The van der Waals surface area contributed by atoms with Gasteiger partial charge in [0.25, 0.3) is 0 Å². The summed E-state index contributed by atoms with van der Waals surface area (Å²) in [5.41, 5.74) is 0.657. The van der Waals surface area contributed by atoms with E-state index < -0.39 is 17.9 Å². The second-order valence-electron chi connectivity index (χ2n) is 5.72. The molecule has 8 nitrogen and oxygen atoms in total. The molecule has 3 rings (SSSR count). The standard InChI is InChI=1S/C20H15ClO8/c1-25-19(23)12-7-13(20(24)26-2)9-14(8-12)29-17(22)4-3-11-5-15(21)18-16(6-11)27-10-28-18/h3-9H,10H2,1-2H3/b4-3+. The van der Waals surface area contributed by atoms with Gasteiger partial charge >= 0.3 is 17.9 Å². The predicted molar refractivity (Wildman–Crippen MR) is 101 cm³/mol. The van der Waals surface area contributed by atoms with Crippen LogP contribution in [0.4, 0.5) is 0 Å². The van der Waals surface area contributed by atoms with Crippen LogP contribution in [0.5, 0.6) is 17.2 Å². The van der Waals surface area contributed by atoms with Crippen molar-refractivity contribution in [2.24, 2.45) is 0 Å². The van der Waals surface area contributed by atoms with Crippen LogP contribution in [0.3, 0.4) is 0 Å². The fraction of sp³-hybridized carbons (Fsp3) is 0.150. The van der Waals surface area contributed by atoms with Crippen molar-refractivity contribution in [3.8, 4) is 17.2 Å². The lowest BCUT2D eigenvalue weighted by Crippen LogP contribution is -2.09. The molecule has 0 aromatic heterocycles. The van der Waals surface area contributed by atoms with E-state index in [2.05, 4.69) is 9.47 Å². The molecular weight excluding hydrogens is 404 g/mol. The molecule has 0 radical (unpaired) electrons. The third kappa shape index (κ3) is 4.67. The fourth-order valence-corrected chi connectivity index (χ4v) is 2.80. The van der Waals surface area contributed by atoms with Crippen molar-refractivity contribution in [1.29, 1.82) is 0 Å². The highest BCUT2D eigenvalue weighted by Crippen LogP contribution is 2.40. The third-order valence-electron chi connectivity index (χ3n) is 3.83. The maximum absolute atomic E-state index is 12.2. The molecule has 0 bridgehead atoms. The van der Waals surface area contributed by atoms with Crippen LogP contribution in [-0.4, -0.2) is 38.9 Å². The van der Waals surface area contributed by atoms with Crippen LogP contribution in [0.2, 0.25) is 5.02 Å². The van der Waals surface area contributed by atoms with E-state index in [1.54, 1.807) is 12.1 Å². The topological polar surface area (TPSA) is 97.4 Å². The SMILES string of the molecule is COC(=O)c1cc(OC(=O)/C=C/c2cc(Cl)c3c(c2)OCO3)cc(C(=O)OC)c1. The number of esters is 3. The molecule has 29 heavy (non-hydrogen) atoms. The van der Waals surface area contributed by atoms with E-state index in [0.717, 1.165) is 6.08 Å². The Kier molecular flexibility index (Phi) is 6.04. The number of carbonyl (C=O) groups excluding carboxylic acids is 3. The molecule has 0 N–H and O–H groups in total. The number of hydrogen-bond acceptors (Lipinski definition) is 8. The predicted octanol–water partition coefficient (Wildman–Crippen LogP) is 3.26. The van der Waals surface area contributed by atoms with E-state index in [1.807, 2.05) is 0 Å². The van der Waals surface area contributed by atoms with Crippen LogP contribution >= 0.6 is 11.6 Å². The maximum Gasteiger partial charge on any atom is 0.338 e. The maximum atomic E-state index is 12.2. The van der Waals surface area contributed by atoms with E-state index in [-0.39, 0.29) is 23.7 Å². The van der Waals surface area contributed by atoms with Crippen LogP contribution in [0.25, 0.3) is 6.08 Å². The van der Waals surface area contributed by atoms with Crippen LogP contribution in [0.1, 0.15) is 26.3 Å². The Bertz CT molecular complexity index is 978. The molecule has 0 spiro atoms. The second-order valence-corrected chi connectivity index (χ2v) is 6.13. The number of methoxy groups -OCH3 is 2. The smallest absolute Gasteiger partial charge is 0.338 e. The van der Waals surface area contributed by atoms with E-state index in [1.165, 1.54) is 38.5 Å². The van der Waals surface area contributed by atoms with Gasteiger partial charge in [-0.1, -0.05) is 11.6 Å². The van der Waals surface area contributed by atoms with Gasteiger partial charge in [0.2, 0.25) is 6.79 Å². The Labute approximate surface area is 170 Å². The summed E-state index contributed by atoms with van der Waals surface area (Å²) in [4.78, 5) is 35.7. The highest BCUT2D eigenvalue weighted by Gasteiger charge is 2.18. The normalized spacial score (nSPS) is 12.0. The first-order valence-electron chi connectivity index (χ1n) is 8.22. The Morgan fingerprint density at radius 1 is 0.966 bits per heavy atom. The number of carbonyl (C=O) groups is 3. The van der Waals surface area contributed by atoms with Crippen LogP contribution in [0.15, 0.2) is 36.4 Å². The zero-order valence-corrected chi connectivity index (χ0v) is 16.1. The fourth-order valence-electron chi connectivity index (χ4n) is 2.53. The summed E-state index contributed by atoms with van der Waals surface area (Å²) in [6.45, 7) is 0.0727. The number of benzene rings is 2. The average molecular weight is 419 g/mol. The lowest BCUT2D eigenvalue weighted by atomic mass is 10.1. The molecule has 2 aromatic rings. The number of rotatable bonds is 5. The average Bonchev–Trinajstić information content (AvgIpc) is 3.20.